The van der Waals surface area contributed by atoms with E-state index < -0.39 is 12.1 Å². The van der Waals surface area contributed by atoms with Gasteiger partial charge in [0, 0.05) is 12.5 Å². The van der Waals surface area contributed by atoms with Gasteiger partial charge in [0.15, 0.2) is 6.10 Å². The fraction of sp³-hybridized carbons (Fsp3) is 0.900. The van der Waals surface area contributed by atoms with Crippen molar-refractivity contribution < 1.29 is 14.6 Å². The quantitative estimate of drug-likeness (QED) is 0.720. The van der Waals surface area contributed by atoms with E-state index in [-0.39, 0.29) is 5.41 Å². The third-order valence-corrected chi connectivity index (χ3v) is 3.66. The van der Waals surface area contributed by atoms with Gasteiger partial charge in [-0.25, -0.2) is 4.79 Å². The van der Waals surface area contributed by atoms with Crippen LogP contribution in [0, 0.1) is 17.3 Å². The molecule has 2 saturated carbocycles. The Morgan fingerprint density at radius 2 is 2.15 bits per heavy atom. The van der Waals surface area contributed by atoms with Crippen molar-refractivity contribution in [1.29, 1.82) is 0 Å². The number of hydrogen-bond acceptors (Lipinski definition) is 2. The Labute approximate surface area is 78.1 Å². The molecule has 0 aromatic heterocycles. The van der Waals surface area contributed by atoms with E-state index >= 15 is 0 Å². The molecule has 0 aromatic carbocycles. The smallest absolute Gasteiger partial charge is 0.333 e. The van der Waals surface area contributed by atoms with Gasteiger partial charge in [0.05, 0.1) is 0 Å². The fourth-order valence-corrected chi connectivity index (χ4v) is 2.68. The molecule has 0 spiro atoms. The Morgan fingerprint density at radius 1 is 1.62 bits per heavy atom. The van der Waals surface area contributed by atoms with Crippen molar-refractivity contribution >= 4 is 5.97 Å². The van der Waals surface area contributed by atoms with Gasteiger partial charge in [0.25, 0.3) is 0 Å². The topological polar surface area (TPSA) is 46.5 Å². The van der Waals surface area contributed by atoms with E-state index in [0.29, 0.717) is 11.8 Å². The lowest BCUT2D eigenvalue weighted by Crippen LogP contribution is -2.34. The Balaban J connectivity index is 2.09. The van der Waals surface area contributed by atoms with Crippen LogP contribution < -0.4 is 0 Å². The number of methoxy groups -OCH3 is 1. The molecule has 0 aliphatic heterocycles. The number of aliphatic carboxylic acids is 1. The molecule has 2 aliphatic carbocycles. The number of hydrogen-bond donors (Lipinski definition) is 1. The molecule has 74 valence electrons. The van der Waals surface area contributed by atoms with Gasteiger partial charge < -0.3 is 9.84 Å². The van der Waals surface area contributed by atoms with Crippen LogP contribution in [0.25, 0.3) is 0 Å². The fourth-order valence-electron chi connectivity index (χ4n) is 2.68. The molecule has 0 radical (unpaired) electrons. The van der Waals surface area contributed by atoms with E-state index in [1.54, 1.807) is 0 Å². The standard InChI is InChI=1S/C10H16O3/c1-6-5-7(6)10(3-4-10)8(13-2)9(11)12/h6-8H,3-5H2,1-2H3,(H,11,12). The first-order valence-electron chi connectivity index (χ1n) is 4.87. The Kier molecular flexibility index (Phi) is 1.88. The van der Waals surface area contributed by atoms with Crippen LogP contribution in [0.15, 0.2) is 0 Å². The van der Waals surface area contributed by atoms with Crippen molar-refractivity contribution in [2.24, 2.45) is 17.3 Å². The van der Waals surface area contributed by atoms with Crippen molar-refractivity contribution in [2.45, 2.75) is 32.3 Å². The molecule has 2 rings (SSSR count). The molecule has 3 heteroatoms. The molecular weight excluding hydrogens is 168 g/mol. The molecule has 3 nitrogen and oxygen atoms in total. The van der Waals surface area contributed by atoms with Crippen LogP contribution in [-0.2, 0) is 9.53 Å². The molecule has 0 amide bonds. The predicted molar refractivity (Wildman–Crippen MR) is 47.4 cm³/mol. The van der Waals surface area contributed by atoms with Crippen LogP contribution in [0.3, 0.4) is 0 Å². The van der Waals surface area contributed by atoms with Crippen LogP contribution in [0.2, 0.25) is 0 Å². The van der Waals surface area contributed by atoms with Crippen LogP contribution in [-0.4, -0.2) is 24.3 Å². The summed E-state index contributed by atoms with van der Waals surface area (Å²) in [5.41, 5.74) is 0. The van der Waals surface area contributed by atoms with Crippen molar-refractivity contribution in [3.05, 3.63) is 0 Å². The number of ether oxygens (including phenoxy) is 1. The first-order chi connectivity index (χ1) is 6.12. The zero-order valence-electron chi connectivity index (χ0n) is 8.12. The highest BCUT2D eigenvalue weighted by molar-refractivity contribution is 5.74. The Bertz CT molecular complexity index is 232. The minimum absolute atomic E-state index is 0. The minimum Gasteiger partial charge on any atom is -0.479 e. The van der Waals surface area contributed by atoms with Crippen molar-refractivity contribution in [2.75, 3.05) is 7.11 Å². The molecule has 1 N–H and O–H groups in total. The summed E-state index contributed by atoms with van der Waals surface area (Å²) in [5.74, 6) is 0.521. The molecule has 0 aromatic rings. The first kappa shape index (κ1) is 9.00. The molecule has 0 bridgehead atoms. The van der Waals surface area contributed by atoms with Crippen molar-refractivity contribution in [1.82, 2.24) is 0 Å². The highest BCUT2D eigenvalue weighted by atomic mass is 16.5. The van der Waals surface area contributed by atoms with Gasteiger partial charge in [-0.05, 0) is 31.1 Å². The molecule has 0 heterocycles. The van der Waals surface area contributed by atoms with Gasteiger partial charge >= 0.3 is 5.97 Å². The molecule has 3 unspecified atom stereocenters. The normalized spacial score (nSPS) is 36.8. The largest absolute Gasteiger partial charge is 0.479 e. The van der Waals surface area contributed by atoms with Gasteiger partial charge in [-0.1, -0.05) is 6.92 Å². The van der Waals surface area contributed by atoms with Crippen LogP contribution in [0.5, 0.6) is 0 Å². The highest BCUT2D eigenvalue weighted by Crippen LogP contribution is 2.66. The highest BCUT2D eigenvalue weighted by Gasteiger charge is 2.63. The number of carboxylic acid groups (broad SMARTS) is 1. The third kappa shape index (κ3) is 1.26. The van der Waals surface area contributed by atoms with E-state index in [9.17, 15) is 4.79 Å². The summed E-state index contributed by atoms with van der Waals surface area (Å²) in [7, 11) is 1.51. The summed E-state index contributed by atoms with van der Waals surface area (Å²) in [6.45, 7) is 2.19. The lowest BCUT2D eigenvalue weighted by Gasteiger charge is -2.21. The van der Waals surface area contributed by atoms with E-state index in [1.165, 1.54) is 13.5 Å². The lowest BCUT2D eigenvalue weighted by atomic mass is 9.92. The van der Waals surface area contributed by atoms with Gasteiger partial charge in [-0.2, -0.15) is 0 Å². The summed E-state index contributed by atoms with van der Waals surface area (Å²) in [4.78, 5) is 10.9. The molecule has 2 fully saturated rings. The molecule has 3 atom stereocenters. The number of rotatable bonds is 4. The summed E-state index contributed by atoms with van der Waals surface area (Å²) < 4.78 is 5.09. The zero-order valence-corrected chi connectivity index (χ0v) is 8.12. The van der Waals surface area contributed by atoms with Crippen molar-refractivity contribution in [3.8, 4) is 0 Å². The monoisotopic (exact) mass is 184 g/mol. The van der Waals surface area contributed by atoms with E-state index in [1.807, 2.05) is 0 Å². The van der Waals surface area contributed by atoms with Gasteiger partial charge in [0.1, 0.15) is 0 Å². The maximum Gasteiger partial charge on any atom is 0.333 e. The lowest BCUT2D eigenvalue weighted by molar-refractivity contribution is -0.154. The summed E-state index contributed by atoms with van der Waals surface area (Å²) in [6.07, 6.45) is 2.69. The van der Waals surface area contributed by atoms with Crippen LogP contribution >= 0.6 is 0 Å². The number of carbonyl (C=O) groups is 1. The van der Waals surface area contributed by atoms with Crippen molar-refractivity contribution in [3.63, 3.8) is 0 Å². The minimum atomic E-state index is -0.792. The van der Waals surface area contributed by atoms with E-state index in [2.05, 4.69) is 6.92 Å². The maximum absolute atomic E-state index is 10.9. The zero-order chi connectivity index (χ0) is 9.64. The summed E-state index contributed by atoms with van der Waals surface area (Å²) >= 11 is 0. The van der Waals surface area contributed by atoms with Gasteiger partial charge in [-0.15, -0.1) is 0 Å². The number of carboxylic acids is 1. The Hall–Kier alpha value is -0.570. The van der Waals surface area contributed by atoms with Crippen LogP contribution in [0.1, 0.15) is 26.2 Å². The second-order valence-electron chi connectivity index (χ2n) is 4.51. The average Bonchev–Trinajstić information content (AvgIpc) is 2.88. The summed E-state index contributed by atoms with van der Waals surface area (Å²) in [6, 6.07) is 0. The second kappa shape index (κ2) is 2.71. The van der Waals surface area contributed by atoms with E-state index in [0.717, 1.165) is 12.8 Å². The predicted octanol–water partition coefficient (Wildman–Crippen LogP) is 1.52. The third-order valence-electron chi connectivity index (χ3n) is 3.66. The molecular formula is C10H16O3. The molecule has 0 saturated heterocycles. The van der Waals surface area contributed by atoms with Crippen LogP contribution in [0.4, 0.5) is 0 Å². The van der Waals surface area contributed by atoms with E-state index in [4.69, 9.17) is 9.84 Å². The maximum atomic E-state index is 10.9. The average molecular weight is 184 g/mol. The first-order valence-corrected chi connectivity index (χ1v) is 4.87. The second-order valence-corrected chi connectivity index (χ2v) is 4.51. The van der Waals surface area contributed by atoms with Gasteiger partial charge in [-0.3, -0.25) is 0 Å². The summed E-state index contributed by atoms with van der Waals surface area (Å²) in [5, 5.41) is 8.99. The van der Waals surface area contributed by atoms with Gasteiger partial charge in [0.2, 0.25) is 0 Å². The Morgan fingerprint density at radius 3 is 2.38 bits per heavy atom. The molecule has 13 heavy (non-hydrogen) atoms. The molecule has 2 aliphatic rings. The SMILES string of the molecule is COC(C(=O)O)C1(C2CC2C)CC1.